The molecule has 0 bridgehead atoms. The zero-order valence-electron chi connectivity index (χ0n) is 11.3. The minimum Gasteiger partial charge on any atom is -0.481 e. The predicted octanol–water partition coefficient (Wildman–Crippen LogP) is 3.33. The Hall–Kier alpha value is -1.22. The van der Waals surface area contributed by atoms with Crippen LogP contribution in [0, 0.1) is 6.92 Å². The Morgan fingerprint density at radius 3 is 2.61 bits per heavy atom. The number of hydrogen-bond acceptors (Lipinski definition) is 2. The maximum atomic E-state index is 11.9. The highest BCUT2D eigenvalue weighted by Crippen LogP contribution is 2.22. The first kappa shape index (κ1) is 14.8. The fourth-order valence-corrected chi connectivity index (χ4v) is 1.67. The number of carbonyl (C=O) groups is 1. The van der Waals surface area contributed by atoms with Crippen LogP contribution in [0.15, 0.2) is 18.2 Å². The van der Waals surface area contributed by atoms with Crippen LogP contribution in [0.4, 0.5) is 0 Å². The zero-order valence-corrected chi connectivity index (χ0v) is 12.0. The van der Waals surface area contributed by atoms with Gasteiger partial charge in [-0.2, -0.15) is 0 Å². The van der Waals surface area contributed by atoms with Crippen LogP contribution in [-0.4, -0.2) is 18.1 Å². The summed E-state index contributed by atoms with van der Waals surface area (Å²) < 4.78 is 5.69. The first-order valence-corrected chi connectivity index (χ1v) is 6.55. The molecule has 0 aliphatic heterocycles. The Balaban J connectivity index is 2.73. The van der Waals surface area contributed by atoms with Crippen molar-refractivity contribution in [3.8, 4) is 5.75 Å². The molecular formula is C14H20ClNO2. The highest BCUT2D eigenvalue weighted by molar-refractivity contribution is 6.31. The third kappa shape index (κ3) is 4.22. The Bertz CT molecular complexity index is 418. The largest absolute Gasteiger partial charge is 0.481 e. The highest BCUT2D eigenvalue weighted by Gasteiger charge is 2.18. The molecule has 1 atom stereocenters. The van der Waals surface area contributed by atoms with Gasteiger partial charge in [0.05, 0.1) is 0 Å². The van der Waals surface area contributed by atoms with Gasteiger partial charge in [0, 0.05) is 11.1 Å². The second-order valence-corrected chi connectivity index (χ2v) is 5.00. The quantitative estimate of drug-likeness (QED) is 0.890. The Morgan fingerprint density at radius 2 is 2.11 bits per heavy atom. The van der Waals surface area contributed by atoms with Crippen molar-refractivity contribution in [2.45, 2.75) is 46.3 Å². The molecule has 100 valence electrons. The summed E-state index contributed by atoms with van der Waals surface area (Å²) in [6, 6.07) is 5.51. The van der Waals surface area contributed by atoms with Crippen LogP contribution in [0.25, 0.3) is 0 Å². The minimum atomic E-state index is -0.465. The van der Waals surface area contributed by atoms with Crippen molar-refractivity contribution >= 4 is 17.5 Å². The predicted molar refractivity (Wildman–Crippen MR) is 74.2 cm³/mol. The molecule has 4 heteroatoms. The summed E-state index contributed by atoms with van der Waals surface area (Å²) in [6.07, 6.45) is 0.160. The second kappa shape index (κ2) is 6.64. The molecule has 0 heterocycles. The molecule has 1 N–H and O–H groups in total. The number of amides is 1. The highest BCUT2D eigenvalue weighted by atomic mass is 35.5. The third-order valence-electron chi connectivity index (χ3n) is 2.50. The number of nitrogens with one attached hydrogen (secondary N) is 1. The molecule has 1 aromatic rings. The molecule has 1 amide bonds. The van der Waals surface area contributed by atoms with Crippen molar-refractivity contribution in [1.29, 1.82) is 0 Å². The maximum Gasteiger partial charge on any atom is 0.261 e. The number of ether oxygens (including phenoxy) is 1. The smallest absolute Gasteiger partial charge is 0.261 e. The van der Waals surface area contributed by atoms with E-state index < -0.39 is 6.10 Å². The lowest BCUT2D eigenvalue weighted by Crippen LogP contribution is -2.41. The van der Waals surface area contributed by atoms with Crippen LogP contribution in [0.5, 0.6) is 5.75 Å². The van der Waals surface area contributed by atoms with Gasteiger partial charge in [-0.3, -0.25) is 4.79 Å². The van der Waals surface area contributed by atoms with Crippen LogP contribution < -0.4 is 10.1 Å². The van der Waals surface area contributed by atoms with Crippen molar-refractivity contribution in [3.05, 3.63) is 28.8 Å². The van der Waals surface area contributed by atoms with Crippen molar-refractivity contribution in [2.75, 3.05) is 0 Å². The summed E-state index contributed by atoms with van der Waals surface area (Å²) in [6.45, 7) is 7.69. The average molecular weight is 270 g/mol. The lowest BCUT2D eigenvalue weighted by atomic mass is 10.2. The number of carbonyl (C=O) groups excluding carboxylic acids is 1. The molecule has 1 rings (SSSR count). The van der Waals surface area contributed by atoms with Crippen LogP contribution in [0.3, 0.4) is 0 Å². The van der Waals surface area contributed by atoms with E-state index in [1.54, 1.807) is 12.1 Å². The lowest BCUT2D eigenvalue weighted by Gasteiger charge is -2.19. The zero-order chi connectivity index (χ0) is 13.7. The molecule has 1 unspecified atom stereocenters. The Kier molecular flexibility index (Phi) is 5.48. The van der Waals surface area contributed by atoms with E-state index in [4.69, 9.17) is 16.3 Å². The van der Waals surface area contributed by atoms with Gasteiger partial charge in [0.15, 0.2) is 6.10 Å². The van der Waals surface area contributed by atoms with Crippen LogP contribution >= 0.6 is 11.6 Å². The Labute approximate surface area is 113 Å². The second-order valence-electron chi connectivity index (χ2n) is 4.59. The monoisotopic (exact) mass is 269 g/mol. The van der Waals surface area contributed by atoms with E-state index in [1.807, 2.05) is 33.8 Å². The van der Waals surface area contributed by atoms with Crippen LogP contribution in [0.2, 0.25) is 5.02 Å². The average Bonchev–Trinajstić information content (AvgIpc) is 2.29. The molecule has 0 spiro atoms. The summed E-state index contributed by atoms with van der Waals surface area (Å²) >= 11 is 5.95. The van der Waals surface area contributed by atoms with Gasteiger partial charge in [0.1, 0.15) is 5.75 Å². The molecule has 0 fully saturated rings. The fraction of sp³-hybridized carbons (Fsp3) is 0.500. The molecular weight excluding hydrogens is 250 g/mol. The van der Waals surface area contributed by atoms with Gasteiger partial charge >= 0.3 is 0 Å². The number of benzene rings is 1. The van der Waals surface area contributed by atoms with Crippen molar-refractivity contribution < 1.29 is 9.53 Å². The summed E-state index contributed by atoms with van der Waals surface area (Å²) in [5, 5.41) is 3.55. The third-order valence-corrected chi connectivity index (χ3v) is 2.93. The summed E-state index contributed by atoms with van der Waals surface area (Å²) in [5.41, 5.74) is 0.938. The molecule has 0 saturated carbocycles. The van der Waals surface area contributed by atoms with Crippen LogP contribution in [0.1, 0.15) is 32.8 Å². The molecule has 0 aliphatic carbocycles. The van der Waals surface area contributed by atoms with E-state index in [-0.39, 0.29) is 11.9 Å². The normalized spacial score (nSPS) is 12.3. The van der Waals surface area contributed by atoms with Gasteiger partial charge in [-0.15, -0.1) is 0 Å². The van der Waals surface area contributed by atoms with E-state index in [2.05, 4.69) is 5.32 Å². The van der Waals surface area contributed by atoms with E-state index in [9.17, 15) is 4.79 Å². The SMILES string of the molecule is CCC(Oc1ccc(Cl)c(C)c1)C(=O)NC(C)C. The summed E-state index contributed by atoms with van der Waals surface area (Å²) in [7, 11) is 0. The van der Waals surface area contributed by atoms with Gasteiger partial charge in [0.2, 0.25) is 0 Å². The number of rotatable bonds is 5. The van der Waals surface area contributed by atoms with Gasteiger partial charge < -0.3 is 10.1 Å². The molecule has 0 aliphatic rings. The molecule has 3 nitrogen and oxygen atoms in total. The van der Waals surface area contributed by atoms with Gasteiger partial charge in [-0.05, 0) is 51.0 Å². The first-order valence-electron chi connectivity index (χ1n) is 6.17. The first-order chi connectivity index (χ1) is 8.43. The molecule has 0 saturated heterocycles. The van der Waals surface area contributed by atoms with E-state index in [1.165, 1.54) is 0 Å². The van der Waals surface area contributed by atoms with Crippen molar-refractivity contribution in [2.24, 2.45) is 0 Å². The van der Waals surface area contributed by atoms with Gasteiger partial charge in [0.25, 0.3) is 5.91 Å². The van der Waals surface area contributed by atoms with Crippen molar-refractivity contribution in [3.63, 3.8) is 0 Å². The Morgan fingerprint density at radius 1 is 1.44 bits per heavy atom. The fourth-order valence-electron chi connectivity index (χ4n) is 1.55. The standard InChI is InChI=1S/C14H20ClNO2/c1-5-13(14(17)16-9(2)3)18-11-6-7-12(15)10(4)8-11/h6-9,13H,5H2,1-4H3,(H,16,17). The molecule has 18 heavy (non-hydrogen) atoms. The summed E-state index contributed by atoms with van der Waals surface area (Å²) in [4.78, 5) is 11.9. The van der Waals surface area contributed by atoms with Crippen molar-refractivity contribution in [1.82, 2.24) is 5.32 Å². The maximum absolute atomic E-state index is 11.9. The number of halogens is 1. The topological polar surface area (TPSA) is 38.3 Å². The van der Waals surface area contributed by atoms with Gasteiger partial charge in [-0.25, -0.2) is 0 Å². The van der Waals surface area contributed by atoms with E-state index in [0.29, 0.717) is 17.2 Å². The molecule has 1 aromatic carbocycles. The van der Waals surface area contributed by atoms with E-state index >= 15 is 0 Å². The minimum absolute atomic E-state index is 0.0832. The lowest BCUT2D eigenvalue weighted by molar-refractivity contribution is -0.128. The van der Waals surface area contributed by atoms with E-state index in [0.717, 1.165) is 5.56 Å². The van der Waals surface area contributed by atoms with Crippen LogP contribution in [-0.2, 0) is 4.79 Å². The summed E-state index contributed by atoms with van der Waals surface area (Å²) in [5.74, 6) is 0.586. The van der Waals surface area contributed by atoms with Gasteiger partial charge in [-0.1, -0.05) is 18.5 Å². The molecule has 0 radical (unpaired) electrons. The number of hydrogen-bond donors (Lipinski definition) is 1. The molecule has 0 aromatic heterocycles. The number of aryl methyl sites for hydroxylation is 1.